The molecular formula is C13H19BrN2O6. The van der Waals surface area contributed by atoms with Crippen molar-refractivity contribution < 1.29 is 25.3 Å². The molecule has 9 heteroatoms. The summed E-state index contributed by atoms with van der Waals surface area (Å²) in [7, 11) is 0. The number of hydrogen-bond acceptors (Lipinski definition) is 7. The maximum atomic E-state index is 11.1. The number of hydrogen-bond donors (Lipinski definition) is 5. The molecule has 0 fully saturated rings. The van der Waals surface area contributed by atoms with Crippen molar-refractivity contribution in [3.8, 4) is 0 Å². The number of aryl methyl sites for hydroxylation is 1. The van der Waals surface area contributed by atoms with Gasteiger partial charge >= 0.3 is 0 Å². The number of nitro benzene ring substituents is 1. The summed E-state index contributed by atoms with van der Waals surface area (Å²) in [6, 6.07) is 2.95. The topological polar surface area (TPSA) is 136 Å². The SMILES string of the molecule is CCc1cc([N+](=O)[O-])c(NC[C@H](O)[C@@H](O)[C@@H](O)CO)cc1Br. The molecule has 1 rings (SSSR count). The number of halogens is 1. The average Bonchev–Trinajstić information content (AvgIpc) is 2.50. The summed E-state index contributed by atoms with van der Waals surface area (Å²) in [6.07, 6.45) is -3.83. The molecule has 3 atom stereocenters. The Morgan fingerprint density at radius 2 is 1.95 bits per heavy atom. The van der Waals surface area contributed by atoms with Crippen LogP contribution in [0.5, 0.6) is 0 Å². The lowest BCUT2D eigenvalue weighted by Crippen LogP contribution is -2.42. The fourth-order valence-electron chi connectivity index (χ4n) is 1.87. The van der Waals surface area contributed by atoms with Gasteiger partial charge in [-0.2, -0.15) is 0 Å². The Labute approximate surface area is 135 Å². The van der Waals surface area contributed by atoms with Gasteiger partial charge in [-0.1, -0.05) is 22.9 Å². The minimum Gasteiger partial charge on any atom is -0.394 e. The highest BCUT2D eigenvalue weighted by molar-refractivity contribution is 9.10. The second-order valence-electron chi connectivity index (χ2n) is 4.76. The fraction of sp³-hybridized carbons (Fsp3) is 0.538. The Kier molecular flexibility index (Phi) is 7.17. The molecule has 0 bridgehead atoms. The van der Waals surface area contributed by atoms with Crippen LogP contribution in [0, 0.1) is 10.1 Å². The Hall–Kier alpha value is -1.26. The molecule has 0 heterocycles. The molecule has 8 nitrogen and oxygen atoms in total. The van der Waals surface area contributed by atoms with Crippen molar-refractivity contribution in [1.29, 1.82) is 0 Å². The standard InChI is InChI=1S/C13H19BrN2O6/c1-2-7-3-10(16(21)22)9(4-8(7)14)15-5-11(18)13(20)12(19)6-17/h3-4,11-13,15,17-20H,2,5-6H2,1H3/t11-,12-,13+/m0/s1. The van der Waals surface area contributed by atoms with Crippen LogP contribution in [0.2, 0.25) is 0 Å². The molecule has 0 spiro atoms. The zero-order valence-electron chi connectivity index (χ0n) is 11.9. The van der Waals surface area contributed by atoms with E-state index in [4.69, 9.17) is 5.11 Å². The van der Waals surface area contributed by atoms with Crippen molar-refractivity contribution in [2.45, 2.75) is 31.7 Å². The summed E-state index contributed by atoms with van der Waals surface area (Å²) in [6.45, 7) is 0.944. The minimum absolute atomic E-state index is 0.149. The molecule has 0 saturated carbocycles. The van der Waals surface area contributed by atoms with Gasteiger partial charge in [0, 0.05) is 17.1 Å². The molecule has 0 saturated heterocycles. The van der Waals surface area contributed by atoms with E-state index in [0.29, 0.717) is 10.9 Å². The first kappa shape index (κ1) is 18.8. The van der Waals surface area contributed by atoms with Gasteiger partial charge in [-0.05, 0) is 18.1 Å². The third kappa shape index (κ3) is 4.62. The third-order valence-corrected chi connectivity index (χ3v) is 3.96. The molecule has 0 radical (unpaired) electrons. The second kappa shape index (κ2) is 8.39. The number of benzene rings is 1. The highest BCUT2D eigenvalue weighted by Crippen LogP contribution is 2.31. The van der Waals surface area contributed by atoms with Crippen molar-refractivity contribution in [1.82, 2.24) is 0 Å². The molecule has 0 aliphatic heterocycles. The highest BCUT2D eigenvalue weighted by atomic mass is 79.9. The highest BCUT2D eigenvalue weighted by Gasteiger charge is 2.25. The molecule has 0 amide bonds. The molecule has 0 aromatic heterocycles. The van der Waals surface area contributed by atoms with Crippen LogP contribution in [0.3, 0.4) is 0 Å². The van der Waals surface area contributed by atoms with Crippen molar-refractivity contribution in [2.75, 3.05) is 18.5 Å². The Morgan fingerprint density at radius 3 is 2.45 bits per heavy atom. The zero-order chi connectivity index (χ0) is 16.9. The van der Waals surface area contributed by atoms with Crippen molar-refractivity contribution in [2.24, 2.45) is 0 Å². The number of rotatable bonds is 8. The van der Waals surface area contributed by atoms with Crippen LogP contribution in [0.4, 0.5) is 11.4 Å². The van der Waals surface area contributed by atoms with E-state index >= 15 is 0 Å². The Bertz CT molecular complexity index is 527. The van der Waals surface area contributed by atoms with Crippen LogP contribution in [0.1, 0.15) is 12.5 Å². The maximum Gasteiger partial charge on any atom is 0.292 e. The second-order valence-corrected chi connectivity index (χ2v) is 5.61. The fourth-order valence-corrected chi connectivity index (χ4v) is 2.49. The van der Waals surface area contributed by atoms with Gasteiger partial charge in [0.2, 0.25) is 0 Å². The van der Waals surface area contributed by atoms with Crippen LogP contribution in [-0.2, 0) is 6.42 Å². The quantitative estimate of drug-likeness (QED) is 0.326. The van der Waals surface area contributed by atoms with E-state index in [-0.39, 0.29) is 17.9 Å². The van der Waals surface area contributed by atoms with Gasteiger partial charge in [-0.15, -0.1) is 0 Å². The minimum atomic E-state index is -1.56. The molecule has 1 aromatic carbocycles. The zero-order valence-corrected chi connectivity index (χ0v) is 13.5. The molecule has 0 aliphatic carbocycles. The van der Waals surface area contributed by atoms with E-state index < -0.39 is 29.8 Å². The van der Waals surface area contributed by atoms with E-state index in [0.717, 1.165) is 5.56 Å². The van der Waals surface area contributed by atoms with E-state index in [9.17, 15) is 25.4 Å². The Morgan fingerprint density at radius 1 is 1.32 bits per heavy atom. The molecule has 5 N–H and O–H groups in total. The number of nitrogens with one attached hydrogen (secondary N) is 1. The largest absolute Gasteiger partial charge is 0.394 e. The number of anilines is 1. The van der Waals surface area contributed by atoms with Crippen LogP contribution < -0.4 is 5.32 Å². The van der Waals surface area contributed by atoms with Crippen LogP contribution in [-0.4, -0.2) is 56.8 Å². The lowest BCUT2D eigenvalue weighted by atomic mass is 10.1. The first-order chi connectivity index (χ1) is 10.3. The molecule has 124 valence electrons. The molecule has 0 aliphatic rings. The van der Waals surface area contributed by atoms with E-state index in [1.54, 1.807) is 0 Å². The summed E-state index contributed by atoms with van der Waals surface area (Å²) in [4.78, 5) is 10.6. The maximum absolute atomic E-state index is 11.1. The first-order valence-corrected chi connectivity index (χ1v) is 7.46. The van der Waals surface area contributed by atoms with E-state index in [2.05, 4.69) is 21.2 Å². The van der Waals surface area contributed by atoms with Crippen LogP contribution in [0.15, 0.2) is 16.6 Å². The number of nitrogens with zero attached hydrogens (tertiary/aromatic N) is 1. The van der Waals surface area contributed by atoms with E-state index in [1.165, 1.54) is 12.1 Å². The van der Waals surface area contributed by atoms with Gasteiger partial charge in [0.15, 0.2) is 0 Å². The molecular weight excluding hydrogens is 360 g/mol. The van der Waals surface area contributed by atoms with Gasteiger partial charge < -0.3 is 25.7 Å². The van der Waals surface area contributed by atoms with Gasteiger partial charge in [-0.3, -0.25) is 10.1 Å². The molecule has 22 heavy (non-hydrogen) atoms. The lowest BCUT2D eigenvalue weighted by molar-refractivity contribution is -0.384. The van der Waals surface area contributed by atoms with Crippen LogP contribution in [0.25, 0.3) is 0 Å². The summed E-state index contributed by atoms with van der Waals surface area (Å²) >= 11 is 3.31. The summed E-state index contributed by atoms with van der Waals surface area (Å²) in [5, 5.41) is 51.0. The predicted octanol–water partition coefficient (Wildman–Crippen LogP) is 0.407. The average molecular weight is 379 g/mol. The monoisotopic (exact) mass is 378 g/mol. The Balaban J connectivity index is 2.89. The smallest absolute Gasteiger partial charge is 0.292 e. The predicted molar refractivity (Wildman–Crippen MR) is 83.8 cm³/mol. The molecule has 0 unspecified atom stereocenters. The first-order valence-electron chi connectivity index (χ1n) is 6.67. The van der Waals surface area contributed by atoms with Crippen molar-refractivity contribution >= 4 is 27.3 Å². The number of aliphatic hydroxyl groups excluding tert-OH is 4. The van der Waals surface area contributed by atoms with Gasteiger partial charge in [0.1, 0.15) is 17.9 Å². The molecule has 1 aromatic rings. The normalized spacial score (nSPS) is 15.2. The van der Waals surface area contributed by atoms with Crippen molar-refractivity contribution in [3.63, 3.8) is 0 Å². The summed E-state index contributed by atoms with van der Waals surface area (Å²) in [5.41, 5.74) is 0.803. The number of nitro groups is 1. The van der Waals surface area contributed by atoms with E-state index in [1.807, 2.05) is 6.92 Å². The summed E-state index contributed by atoms with van der Waals surface area (Å²) < 4.78 is 0.688. The summed E-state index contributed by atoms with van der Waals surface area (Å²) in [5.74, 6) is 0. The third-order valence-electron chi connectivity index (χ3n) is 3.22. The van der Waals surface area contributed by atoms with Gasteiger partial charge in [0.05, 0.1) is 17.6 Å². The van der Waals surface area contributed by atoms with Crippen molar-refractivity contribution in [3.05, 3.63) is 32.3 Å². The van der Waals surface area contributed by atoms with Gasteiger partial charge in [0.25, 0.3) is 5.69 Å². The van der Waals surface area contributed by atoms with Crippen LogP contribution >= 0.6 is 15.9 Å². The lowest BCUT2D eigenvalue weighted by Gasteiger charge is -2.22. The van der Waals surface area contributed by atoms with Gasteiger partial charge in [-0.25, -0.2) is 0 Å². The number of aliphatic hydroxyl groups is 4.